The molecule has 0 bridgehead atoms. The molecule has 10 heteroatoms. The number of rotatable bonds is 9. The number of anilines is 1. The first-order valence-corrected chi connectivity index (χ1v) is 11.1. The van der Waals surface area contributed by atoms with Crippen LogP contribution in [0.2, 0.25) is 5.02 Å². The number of fused-ring (bicyclic) bond motifs is 1. The van der Waals surface area contributed by atoms with Gasteiger partial charge < -0.3 is 20.1 Å². The average molecular weight is 489 g/mol. The fraction of sp³-hybridized carbons (Fsp3) is 0.292. The zero-order valence-corrected chi connectivity index (χ0v) is 19.4. The molecule has 0 spiro atoms. The van der Waals surface area contributed by atoms with Gasteiger partial charge in [-0.1, -0.05) is 41.9 Å². The molecule has 0 unspecified atom stereocenters. The highest BCUT2D eigenvalue weighted by Crippen LogP contribution is 2.18. The SMILES string of the molecule is CN(C(=O)NCc1ccc(F)cc1Cl)[C@@H](CCCO)COC(=O)Nc1cc2ccccc2cn1. The third-order valence-electron chi connectivity index (χ3n) is 5.28. The van der Waals surface area contributed by atoms with Crippen LogP contribution < -0.4 is 10.6 Å². The third kappa shape index (κ3) is 7.03. The van der Waals surface area contributed by atoms with E-state index < -0.39 is 24.0 Å². The fourth-order valence-corrected chi connectivity index (χ4v) is 3.54. The maximum Gasteiger partial charge on any atom is 0.412 e. The van der Waals surface area contributed by atoms with Gasteiger partial charge in [0.1, 0.15) is 18.2 Å². The van der Waals surface area contributed by atoms with Crippen LogP contribution in [0, 0.1) is 5.82 Å². The van der Waals surface area contributed by atoms with E-state index in [0.717, 1.165) is 10.8 Å². The Balaban J connectivity index is 1.55. The number of nitrogens with one attached hydrogen (secondary N) is 2. The van der Waals surface area contributed by atoms with Crippen LogP contribution >= 0.6 is 11.6 Å². The Kier molecular flexibility index (Phi) is 9.00. The number of hydrogen-bond donors (Lipinski definition) is 3. The number of halogens is 2. The van der Waals surface area contributed by atoms with E-state index in [1.54, 1.807) is 19.3 Å². The van der Waals surface area contributed by atoms with Crippen molar-refractivity contribution in [2.75, 3.05) is 25.6 Å². The summed E-state index contributed by atoms with van der Waals surface area (Å²) >= 11 is 6.00. The summed E-state index contributed by atoms with van der Waals surface area (Å²) in [5, 5.41) is 16.6. The third-order valence-corrected chi connectivity index (χ3v) is 5.63. The molecule has 1 aromatic heterocycles. The molecule has 34 heavy (non-hydrogen) atoms. The van der Waals surface area contributed by atoms with Crippen molar-refractivity contribution in [2.45, 2.75) is 25.4 Å². The molecule has 0 aliphatic heterocycles. The van der Waals surface area contributed by atoms with Crippen LogP contribution in [0.3, 0.4) is 0 Å². The molecule has 0 aliphatic rings. The minimum atomic E-state index is -0.705. The first-order chi connectivity index (χ1) is 16.4. The quantitative estimate of drug-likeness (QED) is 0.409. The largest absolute Gasteiger partial charge is 0.447 e. The summed E-state index contributed by atoms with van der Waals surface area (Å²) in [7, 11) is 1.57. The van der Waals surface area contributed by atoms with Gasteiger partial charge in [-0.25, -0.2) is 19.0 Å². The minimum Gasteiger partial charge on any atom is -0.447 e. The number of urea groups is 1. The van der Waals surface area contributed by atoms with E-state index in [1.807, 2.05) is 24.3 Å². The lowest BCUT2D eigenvalue weighted by Crippen LogP contribution is -2.46. The molecule has 3 N–H and O–H groups in total. The van der Waals surface area contributed by atoms with Gasteiger partial charge in [0.2, 0.25) is 0 Å². The predicted octanol–water partition coefficient (Wildman–Crippen LogP) is 4.56. The number of amides is 3. The van der Waals surface area contributed by atoms with Gasteiger partial charge in [0.25, 0.3) is 0 Å². The van der Waals surface area contributed by atoms with E-state index in [2.05, 4.69) is 15.6 Å². The Morgan fingerprint density at radius 2 is 1.97 bits per heavy atom. The van der Waals surface area contributed by atoms with Crippen molar-refractivity contribution >= 4 is 40.3 Å². The number of hydrogen-bond acceptors (Lipinski definition) is 5. The number of ether oxygens (including phenoxy) is 1. The number of pyridine rings is 1. The molecule has 8 nitrogen and oxygen atoms in total. The smallest absolute Gasteiger partial charge is 0.412 e. The molecule has 0 radical (unpaired) electrons. The highest BCUT2D eigenvalue weighted by Gasteiger charge is 2.22. The zero-order valence-electron chi connectivity index (χ0n) is 18.6. The van der Waals surface area contributed by atoms with Gasteiger partial charge in [-0.15, -0.1) is 0 Å². The number of carbonyl (C=O) groups is 2. The first-order valence-electron chi connectivity index (χ1n) is 10.7. The molecule has 3 amide bonds. The van der Waals surface area contributed by atoms with Crippen molar-refractivity contribution in [3.63, 3.8) is 0 Å². The number of aliphatic hydroxyl groups excluding tert-OH is 1. The average Bonchev–Trinajstić information content (AvgIpc) is 2.83. The van der Waals surface area contributed by atoms with Crippen LogP contribution in [0.15, 0.2) is 54.7 Å². The van der Waals surface area contributed by atoms with E-state index in [1.165, 1.54) is 23.1 Å². The predicted molar refractivity (Wildman–Crippen MR) is 128 cm³/mol. The van der Waals surface area contributed by atoms with Crippen LogP contribution in [0.25, 0.3) is 10.8 Å². The first kappa shape index (κ1) is 25.2. The second-order valence-corrected chi connectivity index (χ2v) is 8.07. The van der Waals surface area contributed by atoms with Crippen molar-refractivity contribution in [3.8, 4) is 0 Å². The Hall–Kier alpha value is -3.43. The van der Waals surface area contributed by atoms with Crippen LogP contribution in [0.1, 0.15) is 18.4 Å². The van der Waals surface area contributed by atoms with Gasteiger partial charge in [-0.2, -0.15) is 0 Å². The lowest BCUT2D eigenvalue weighted by atomic mass is 10.1. The maximum absolute atomic E-state index is 13.2. The number of aliphatic hydroxyl groups is 1. The van der Waals surface area contributed by atoms with Gasteiger partial charge in [0, 0.05) is 36.8 Å². The van der Waals surface area contributed by atoms with Crippen molar-refractivity contribution in [1.82, 2.24) is 15.2 Å². The Labute approximate surface area is 201 Å². The number of nitrogens with zero attached hydrogens (tertiary/aromatic N) is 2. The van der Waals surface area contributed by atoms with E-state index in [9.17, 15) is 19.1 Å². The lowest BCUT2D eigenvalue weighted by Gasteiger charge is -2.28. The summed E-state index contributed by atoms with van der Waals surface area (Å²) in [6.07, 6.45) is 1.78. The highest BCUT2D eigenvalue weighted by atomic mass is 35.5. The van der Waals surface area contributed by atoms with E-state index in [0.29, 0.717) is 24.2 Å². The molecule has 0 aliphatic carbocycles. The second kappa shape index (κ2) is 12.2. The summed E-state index contributed by atoms with van der Waals surface area (Å²) in [5.41, 5.74) is 0.565. The van der Waals surface area contributed by atoms with Crippen LogP contribution in [0.5, 0.6) is 0 Å². The minimum absolute atomic E-state index is 0.0651. The highest BCUT2D eigenvalue weighted by molar-refractivity contribution is 6.31. The van der Waals surface area contributed by atoms with Crippen molar-refractivity contribution in [2.24, 2.45) is 0 Å². The Bertz CT molecular complexity index is 1150. The lowest BCUT2D eigenvalue weighted by molar-refractivity contribution is 0.110. The number of aromatic nitrogens is 1. The maximum atomic E-state index is 13.2. The Morgan fingerprint density at radius 3 is 2.71 bits per heavy atom. The summed E-state index contributed by atoms with van der Waals surface area (Å²) < 4.78 is 18.5. The molecular formula is C24H26ClFN4O4. The van der Waals surface area contributed by atoms with Crippen LogP contribution in [-0.4, -0.2) is 53.4 Å². The number of benzene rings is 2. The molecule has 180 valence electrons. The summed E-state index contributed by atoms with van der Waals surface area (Å²) in [6, 6.07) is 12.4. The molecule has 0 fully saturated rings. The van der Waals surface area contributed by atoms with Gasteiger partial charge in [-0.3, -0.25) is 5.32 Å². The van der Waals surface area contributed by atoms with Gasteiger partial charge in [-0.05, 0) is 42.0 Å². The summed E-state index contributed by atoms with van der Waals surface area (Å²) in [4.78, 5) is 30.5. The normalized spacial score (nSPS) is 11.6. The van der Waals surface area contributed by atoms with Crippen molar-refractivity contribution in [1.29, 1.82) is 0 Å². The van der Waals surface area contributed by atoms with Crippen LogP contribution in [0.4, 0.5) is 19.8 Å². The summed E-state index contributed by atoms with van der Waals surface area (Å²) in [6.45, 7) is -0.0467. The Morgan fingerprint density at radius 1 is 1.21 bits per heavy atom. The summed E-state index contributed by atoms with van der Waals surface area (Å²) in [5.74, 6) is -0.117. The molecular weight excluding hydrogens is 463 g/mol. The molecule has 0 saturated heterocycles. The standard InChI is InChI=1S/C24H26ClFN4O4/c1-30(23(32)28-14-18-8-9-19(26)12-21(18)25)20(7-4-10-31)15-34-24(33)29-22-11-16-5-2-3-6-17(16)13-27-22/h2-3,5-6,8-9,11-13,20,31H,4,7,10,14-15H2,1H3,(H,28,32)(H,27,29,33)/t20-/m0/s1. The molecule has 1 heterocycles. The van der Waals surface area contributed by atoms with Gasteiger partial charge >= 0.3 is 12.1 Å². The monoisotopic (exact) mass is 488 g/mol. The molecule has 0 saturated carbocycles. The molecule has 1 atom stereocenters. The number of likely N-dealkylation sites (N-methyl/N-ethyl adjacent to an activating group) is 1. The van der Waals surface area contributed by atoms with Gasteiger partial charge in [0.05, 0.1) is 6.04 Å². The molecule has 3 rings (SSSR count). The number of carbonyl (C=O) groups excluding carboxylic acids is 2. The molecule has 3 aromatic rings. The van der Waals surface area contributed by atoms with Crippen molar-refractivity contribution < 1.29 is 23.8 Å². The van der Waals surface area contributed by atoms with E-state index in [-0.39, 0.29) is 24.8 Å². The van der Waals surface area contributed by atoms with Crippen LogP contribution in [-0.2, 0) is 11.3 Å². The van der Waals surface area contributed by atoms with Crippen molar-refractivity contribution in [3.05, 3.63) is 71.1 Å². The topological polar surface area (TPSA) is 104 Å². The van der Waals surface area contributed by atoms with E-state index in [4.69, 9.17) is 16.3 Å². The fourth-order valence-electron chi connectivity index (χ4n) is 3.31. The zero-order chi connectivity index (χ0) is 24.5. The molecule has 2 aromatic carbocycles. The van der Waals surface area contributed by atoms with E-state index >= 15 is 0 Å². The second-order valence-electron chi connectivity index (χ2n) is 7.67. The van der Waals surface area contributed by atoms with Gasteiger partial charge in [0.15, 0.2) is 0 Å².